The number of rotatable bonds is 4. The first-order valence-electron chi connectivity index (χ1n) is 10.4. The van der Waals surface area contributed by atoms with Gasteiger partial charge in [-0.15, -0.1) is 0 Å². The summed E-state index contributed by atoms with van der Waals surface area (Å²) in [4.78, 5) is 6.90. The van der Waals surface area contributed by atoms with E-state index in [0.717, 1.165) is 65.4 Å². The molecule has 0 saturated carbocycles. The highest BCUT2D eigenvalue weighted by Crippen LogP contribution is 2.30. The van der Waals surface area contributed by atoms with Gasteiger partial charge in [-0.25, -0.2) is 4.98 Å². The summed E-state index contributed by atoms with van der Waals surface area (Å²) in [6, 6.07) is 17.0. The summed E-state index contributed by atoms with van der Waals surface area (Å²) < 4.78 is 7.51. The molecule has 0 bridgehead atoms. The molecule has 1 aliphatic rings. The number of hydrogen-bond acceptors (Lipinski definition) is 5. The first-order valence-corrected chi connectivity index (χ1v) is 10.4. The Kier molecular flexibility index (Phi) is 4.32. The van der Waals surface area contributed by atoms with Crippen LogP contribution in [0.25, 0.3) is 27.7 Å². The van der Waals surface area contributed by atoms with E-state index in [9.17, 15) is 0 Å². The lowest BCUT2D eigenvalue weighted by Gasteiger charge is -2.29. The van der Waals surface area contributed by atoms with E-state index in [0.29, 0.717) is 0 Å². The lowest BCUT2D eigenvalue weighted by molar-refractivity contribution is 0.122. The molecule has 3 aromatic heterocycles. The van der Waals surface area contributed by atoms with Crippen molar-refractivity contribution in [2.75, 3.05) is 36.5 Å². The molecule has 7 heteroatoms. The number of nitrogens with one attached hydrogen (secondary N) is 2. The zero-order valence-corrected chi connectivity index (χ0v) is 17.0. The SMILES string of the molecule is c1cn2cc(-c3ccc4cn[nH]c4c3)cc(Nc3ccc(N4CCOCC4)cc3)c2n1. The summed E-state index contributed by atoms with van der Waals surface area (Å²) in [5, 5.41) is 11.8. The molecule has 0 radical (unpaired) electrons. The minimum absolute atomic E-state index is 0.787. The molecule has 1 fully saturated rings. The number of nitrogens with zero attached hydrogens (tertiary/aromatic N) is 4. The van der Waals surface area contributed by atoms with Crippen LogP contribution in [0.4, 0.5) is 17.1 Å². The van der Waals surface area contributed by atoms with Crippen LogP contribution in [-0.2, 0) is 4.74 Å². The predicted octanol–water partition coefficient (Wildman–Crippen LogP) is 4.46. The molecule has 2 aromatic carbocycles. The highest BCUT2D eigenvalue weighted by molar-refractivity contribution is 5.86. The van der Waals surface area contributed by atoms with Crippen molar-refractivity contribution >= 4 is 33.6 Å². The molecule has 6 rings (SSSR count). The smallest absolute Gasteiger partial charge is 0.160 e. The van der Waals surface area contributed by atoms with Gasteiger partial charge in [0.25, 0.3) is 0 Å². The fourth-order valence-corrected chi connectivity index (χ4v) is 4.13. The van der Waals surface area contributed by atoms with Crippen LogP contribution in [0.5, 0.6) is 0 Å². The highest BCUT2D eigenvalue weighted by Gasteiger charge is 2.12. The van der Waals surface area contributed by atoms with E-state index in [4.69, 9.17) is 4.74 Å². The third-order valence-electron chi connectivity index (χ3n) is 5.79. The van der Waals surface area contributed by atoms with E-state index in [1.807, 2.05) is 18.6 Å². The highest BCUT2D eigenvalue weighted by atomic mass is 16.5. The molecule has 0 spiro atoms. The van der Waals surface area contributed by atoms with Crippen LogP contribution >= 0.6 is 0 Å². The molecular weight excluding hydrogens is 388 g/mol. The van der Waals surface area contributed by atoms with E-state index in [1.165, 1.54) is 5.69 Å². The van der Waals surface area contributed by atoms with E-state index < -0.39 is 0 Å². The number of anilines is 3. The topological polar surface area (TPSA) is 70.5 Å². The van der Waals surface area contributed by atoms with Crippen LogP contribution in [-0.4, -0.2) is 45.9 Å². The Labute approximate surface area is 179 Å². The fraction of sp³-hybridized carbons (Fsp3) is 0.167. The Morgan fingerprint density at radius 1 is 0.968 bits per heavy atom. The van der Waals surface area contributed by atoms with Gasteiger partial charge in [-0.2, -0.15) is 5.10 Å². The van der Waals surface area contributed by atoms with Gasteiger partial charge in [-0.05, 0) is 42.0 Å². The van der Waals surface area contributed by atoms with Gasteiger partial charge in [0.1, 0.15) is 0 Å². The van der Waals surface area contributed by atoms with Gasteiger partial charge in [0.2, 0.25) is 0 Å². The Balaban J connectivity index is 1.33. The summed E-state index contributed by atoms with van der Waals surface area (Å²) in [7, 11) is 0. The maximum absolute atomic E-state index is 5.46. The zero-order chi connectivity index (χ0) is 20.6. The maximum Gasteiger partial charge on any atom is 0.160 e. The molecule has 154 valence electrons. The number of benzene rings is 2. The second-order valence-corrected chi connectivity index (χ2v) is 7.74. The molecule has 4 heterocycles. The van der Waals surface area contributed by atoms with Gasteiger partial charge in [0, 0.05) is 54.0 Å². The molecule has 0 aliphatic carbocycles. The quantitative estimate of drug-likeness (QED) is 0.458. The number of H-pyrrole nitrogens is 1. The molecule has 1 saturated heterocycles. The number of aromatic nitrogens is 4. The summed E-state index contributed by atoms with van der Waals surface area (Å²) >= 11 is 0. The fourth-order valence-electron chi connectivity index (χ4n) is 4.13. The van der Waals surface area contributed by atoms with E-state index >= 15 is 0 Å². The van der Waals surface area contributed by atoms with Gasteiger partial charge in [0.05, 0.1) is 30.6 Å². The van der Waals surface area contributed by atoms with Crippen LogP contribution in [0, 0.1) is 0 Å². The van der Waals surface area contributed by atoms with Crippen LogP contribution < -0.4 is 10.2 Å². The summed E-state index contributed by atoms with van der Waals surface area (Å²) in [6.07, 6.45) is 7.74. The summed E-state index contributed by atoms with van der Waals surface area (Å²) in [5.74, 6) is 0. The largest absolute Gasteiger partial charge is 0.378 e. The molecule has 2 N–H and O–H groups in total. The predicted molar refractivity (Wildman–Crippen MR) is 123 cm³/mol. The Morgan fingerprint density at radius 3 is 2.71 bits per heavy atom. The Bertz CT molecular complexity index is 1350. The molecule has 0 unspecified atom stereocenters. The molecule has 7 nitrogen and oxygen atoms in total. The van der Waals surface area contributed by atoms with Crippen molar-refractivity contribution in [1.82, 2.24) is 19.6 Å². The number of aromatic amines is 1. The average molecular weight is 410 g/mol. The zero-order valence-electron chi connectivity index (χ0n) is 17.0. The van der Waals surface area contributed by atoms with Crippen LogP contribution in [0.15, 0.2) is 73.3 Å². The first-order chi connectivity index (χ1) is 15.3. The van der Waals surface area contributed by atoms with Crippen molar-refractivity contribution < 1.29 is 4.74 Å². The Hall–Kier alpha value is -3.84. The van der Waals surface area contributed by atoms with Gasteiger partial charge in [0.15, 0.2) is 5.65 Å². The monoisotopic (exact) mass is 410 g/mol. The molecule has 5 aromatic rings. The summed E-state index contributed by atoms with van der Waals surface area (Å²) in [5.41, 5.74) is 7.36. The normalized spacial score (nSPS) is 14.4. The molecule has 1 aliphatic heterocycles. The maximum atomic E-state index is 5.46. The van der Waals surface area contributed by atoms with Gasteiger partial charge >= 0.3 is 0 Å². The third-order valence-corrected chi connectivity index (χ3v) is 5.79. The number of ether oxygens (including phenoxy) is 1. The number of pyridine rings is 1. The van der Waals surface area contributed by atoms with E-state index in [-0.39, 0.29) is 0 Å². The molecular formula is C24H22N6O. The van der Waals surface area contributed by atoms with Crippen molar-refractivity contribution in [3.63, 3.8) is 0 Å². The van der Waals surface area contributed by atoms with Gasteiger partial charge < -0.3 is 19.4 Å². The lowest BCUT2D eigenvalue weighted by atomic mass is 10.1. The van der Waals surface area contributed by atoms with E-state index in [2.05, 4.69) is 84.5 Å². The van der Waals surface area contributed by atoms with Gasteiger partial charge in [-0.3, -0.25) is 5.10 Å². The minimum Gasteiger partial charge on any atom is -0.378 e. The number of fused-ring (bicyclic) bond motifs is 2. The molecule has 0 amide bonds. The number of morpholine rings is 1. The molecule has 0 atom stereocenters. The van der Waals surface area contributed by atoms with Crippen molar-refractivity contribution in [3.8, 4) is 11.1 Å². The first kappa shape index (κ1) is 18.0. The average Bonchev–Trinajstić information content (AvgIpc) is 3.49. The van der Waals surface area contributed by atoms with Crippen molar-refractivity contribution in [1.29, 1.82) is 0 Å². The molecule has 31 heavy (non-hydrogen) atoms. The van der Waals surface area contributed by atoms with Crippen LogP contribution in [0.2, 0.25) is 0 Å². The van der Waals surface area contributed by atoms with Crippen LogP contribution in [0.1, 0.15) is 0 Å². The van der Waals surface area contributed by atoms with E-state index in [1.54, 1.807) is 0 Å². The lowest BCUT2D eigenvalue weighted by Crippen LogP contribution is -2.36. The van der Waals surface area contributed by atoms with Crippen molar-refractivity contribution in [2.24, 2.45) is 0 Å². The standard InChI is InChI=1S/C24H22N6O/c1-2-18-15-26-28-22(18)13-17(1)19-14-23(24-25-7-8-30(24)16-19)27-20-3-5-21(6-4-20)29-9-11-31-12-10-29/h1-8,13-16,27H,9-12H2,(H,26,28). The number of hydrogen-bond donors (Lipinski definition) is 2. The second-order valence-electron chi connectivity index (χ2n) is 7.74. The third kappa shape index (κ3) is 3.39. The van der Waals surface area contributed by atoms with Crippen molar-refractivity contribution in [3.05, 3.63) is 73.3 Å². The second kappa shape index (κ2) is 7.45. The number of imidazole rings is 1. The van der Waals surface area contributed by atoms with Gasteiger partial charge in [-0.1, -0.05) is 12.1 Å². The van der Waals surface area contributed by atoms with Crippen LogP contribution in [0.3, 0.4) is 0 Å². The van der Waals surface area contributed by atoms with Crippen molar-refractivity contribution in [2.45, 2.75) is 0 Å². The minimum atomic E-state index is 0.787. The Morgan fingerprint density at radius 2 is 1.84 bits per heavy atom. The summed E-state index contributed by atoms with van der Waals surface area (Å²) in [6.45, 7) is 3.44.